The summed E-state index contributed by atoms with van der Waals surface area (Å²) in [6.45, 7) is 1.94. The Labute approximate surface area is 137 Å². The minimum Gasteiger partial charge on any atom is -0.493 e. The van der Waals surface area contributed by atoms with Crippen LogP contribution in [0.4, 0.5) is 0 Å². The number of aryl methyl sites for hydroxylation is 1. The van der Waals surface area contributed by atoms with Crippen molar-refractivity contribution in [2.24, 2.45) is 0 Å². The number of methoxy groups -OCH3 is 2. The summed E-state index contributed by atoms with van der Waals surface area (Å²) in [6, 6.07) is 9.03. The second-order valence-electron chi connectivity index (χ2n) is 4.69. The van der Waals surface area contributed by atoms with Gasteiger partial charge in [-0.1, -0.05) is 33.6 Å². The maximum absolute atomic E-state index is 10.6. The Balaban J connectivity index is 2.49. The second kappa shape index (κ2) is 6.69. The van der Waals surface area contributed by atoms with Crippen molar-refractivity contribution >= 4 is 27.5 Å². The van der Waals surface area contributed by atoms with Crippen LogP contribution in [0.25, 0.3) is 0 Å². The molecule has 3 nitrogen and oxygen atoms in total. The van der Waals surface area contributed by atoms with Crippen molar-refractivity contribution in [1.29, 1.82) is 0 Å². The monoisotopic (exact) mass is 370 g/mol. The topological polar surface area (TPSA) is 38.7 Å². The molecule has 0 heterocycles. The van der Waals surface area contributed by atoms with Gasteiger partial charge in [0.25, 0.3) is 0 Å². The average molecular weight is 372 g/mol. The van der Waals surface area contributed by atoms with Gasteiger partial charge in [0.05, 0.1) is 14.2 Å². The van der Waals surface area contributed by atoms with E-state index in [2.05, 4.69) is 15.9 Å². The summed E-state index contributed by atoms with van der Waals surface area (Å²) in [4.78, 5) is 0. The number of halogens is 2. The largest absolute Gasteiger partial charge is 0.493 e. The summed E-state index contributed by atoms with van der Waals surface area (Å²) in [5, 5.41) is 11.2. The molecule has 0 bridgehead atoms. The third-order valence-electron chi connectivity index (χ3n) is 3.18. The van der Waals surface area contributed by atoms with E-state index in [1.165, 1.54) is 0 Å². The van der Waals surface area contributed by atoms with Crippen LogP contribution < -0.4 is 9.47 Å². The highest BCUT2D eigenvalue weighted by molar-refractivity contribution is 9.10. The minimum atomic E-state index is -0.809. The molecule has 0 aliphatic rings. The van der Waals surface area contributed by atoms with Crippen LogP contribution in [-0.2, 0) is 0 Å². The van der Waals surface area contributed by atoms with E-state index < -0.39 is 6.10 Å². The summed E-state index contributed by atoms with van der Waals surface area (Å²) < 4.78 is 11.3. The Kier molecular flexibility index (Phi) is 5.14. The summed E-state index contributed by atoms with van der Waals surface area (Å²) in [7, 11) is 3.13. The maximum atomic E-state index is 10.6. The van der Waals surface area contributed by atoms with Crippen molar-refractivity contribution in [3.8, 4) is 11.5 Å². The fraction of sp³-hybridized carbons (Fsp3) is 0.250. The van der Waals surface area contributed by atoms with Crippen LogP contribution in [0.1, 0.15) is 22.8 Å². The first-order valence-corrected chi connectivity index (χ1v) is 7.50. The molecule has 0 aliphatic carbocycles. The Morgan fingerprint density at radius 3 is 2.24 bits per heavy atom. The molecular weight excluding hydrogens is 356 g/mol. The highest BCUT2D eigenvalue weighted by Gasteiger charge is 2.18. The van der Waals surface area contributed by atoms with E-state index in [1.807, 2.05) is 19.1 Å². The van der Waals surface area contributed by atoms with Crippen LogP contribution in [0.3, 0.4) is 0 Å². The molecule has 0 radical (unpaired) electrons. The van der Waals surface area contributed by atoms with Gasteiger partial charge in [0.1, 0.15) is 6.10 Å². The second-order valence-corrected chi connectivity index (χ2v) is 5.98. The van der Waals surface area contributed by atoms with Gasteiger partial charge in [0.15, 0.2) is 11.5 Å². The molecule has 2 rings (SSSR count). The predicted octanol–water partition coefficient (Wildman–Crippen LogP) is 4.51. The summed E-state index contributed by atoms with van der Waals surface area (Å²) in [5.41, 5.74) is 2.41. The molecule has 0 saturated heterocycles. The highest BCUT2D eigenvalue weighted by Crippen LogP contribution is 2.38. The van der Waals surface area contributed by atoms with Crippen molar-refractivity contribution < 1.29 is 14.6 Å². The molecule has 2 aromatic rings. The van der Waals surface area contributed by atoms with Gasteiger partial charge < -0.3 is 14.6 Å². The van der Waals surface area contributed by atoms with Gasteiger partial charge >= 0.3 is 0 Å². The smallest absolute Gasteiger partial charge is 0.161 e. The van der Waals surface area contributed by atoms with E-state index in [-0.39, 0.29) is 0 Å². The Hall–Kier alpha value is -1.23. The molecule has 112 valence electrons. The summed E-state index contributed by atoms with van der Waals surface area (Å²) in [6.07, 6.45) is -0.809. The van der Waals surface area contributed by atoms with Crippen molar-refractivity contribution in [3.63, 3.8) is 0 Å². The van der Waals surface area contributed by atoms with E-state index in [1.54, 1.807) is 32.4 Å². The van der Waals surface area contributed by atoms with Crippen LogP contribution >= 0.6 is 27.5 Å². The number of aliphatic hydroxyl groups is 1. The SMILES string of the molecule is COc1cc(Br)c(C(O)c2cc(C)cc(Cl)c2)cc1OC. The number of benzene rings is 2. The lowest BCUT2D eigenvalue weighted by Crippen LogP contribution is -2.03. The predicted molar refractivity (Wildman–Crippen MR) is 87.5 cm³/mol. The van der Waals surface area contributed by atoms with Gasteiger partial charge in [-0.2, -0.15) is 0 Å². The zero-order valence-electron chi connectivity index (χ0n) is 12.0. The van der Waals surface area contributed by atoms with Gasteiger partial charge in [-0.05, 0) is 42.3 Å². The number of ether oxygens (including phenoxy) is 2. The number of rotatable bonds is 4. The number of hydrogen-bond donors (Lipinski definition) is 1. The van der Waals surface area contributed by atoms with Crippen LogP contribution in [-0.4, -0.2) is 19.3 Å². The van der Waals surface area contributed by atoms with E-state index in [9.17, 15) is 5.11 Å². The average Bonchev–Trinajstić information content (AvgIpc) is 2.45. The Morgan fingerprint density at radius 2 is 1.67 bits per heavy atom. The Morgan fingerprint density at radius 1 is 1.05 bits per heavy atom. The molecule has 0 spiro atoms. The van der Waals surface area contributed by atoms with E-state index in [0.29, 0.717) is 22.1 Å². The molecule has 2 aromatic carbocycles. The number of hydrogen-bond acceptors (Lipinski definition) is 3. The van der Waals surface area contributed by atoms with E-state index >= 15 is 0 Å². The first-order chi connectivity index (χ1) is 9.96. The fourth-order valence-corrected chi connectivity index (χ4v) is 3.02. The van der Waals surface area contributed by atoms with Gasteiger partial charge in [-0.25, -0.2) is 0 Å². The third kappa shape index (κ3) is 3.51. The molecule has 5 heteroatoms. The zero-order chi connectivity index (χ0) is 15.6. The molecule has 21 heavy (non-hydrogen) atoms. The molecule has 0 fully saturated rings. The lowest BCUT2D eigenvalue weighted by atomic mass is 9.99. The quantitative estimate of drug-likeness (QED) is 0.859. The van der Waals surface area contributed by atoms with Crippen LogP contribution in [0.5, 0.6) is 11.5 Å². The van der Waals surface area contributed by atoms with Gasteiger partial charge in [0, 0.05) is 15.1 Å². The first kappa shape index (κ1) is 16.1. The van der Waals surface area contributed by atoms with E-state index in [0.717, 1.165) is 15.6 Å². The molecule has 1 N–H and O–H groups in total. The molecule has 1 unspecified atom stereocenters. The van der Waals surface area contributed by atoms with Crippen molar-refractivity contribution in [1.82, 2.24) is 0 Å². The number of aliphatic hydroxyl groups excluding tert-OH is 1. The maximum Gasteiger partial charge on any atom is 0.161 e. The summed E-state index contributed by atoms with van der Waals surface area (Å²) >= 11 is 9.52. The van der Waals surface area contributed by atoms with Crippen molar-refractivity contribution in [3.05, 3.63) is 56.5 Å². The van der Waals surface area contributed by atoms with Gasteiger partial charge in [0.2, 0.25) is 0 Å². The lowest BCUT2D eigenvalue weighted by Gasteiger charge is -2.17. The highest BCUT2D eigenvalue weighted by atomic mass is 79.9. The first-order valence-electron chi connectivity index (χ1n) is 6.33. The van der Waals surface area contributed by atoms with Gasteiger partial charge in [-0.3, -0.25) is 0 Å². The molecule has 1 atom stereocenters. The van der Waals surface area contributed by atoms with Crippen LogP contribution in [0.15, 0.2) is 34.8 Å². The van der Waals surface area contributed by atoms with Gasteiger partial charge in [-0.15, -0.1) is 0 Å². The molecule has 0 aromatic heterocycles. The summed E-state index contributed by atoms with van der Waals surface area (Å²) in [5.74, 6) is 1.16. The zero-order valence-corrected chi connectivity index (χ0v) is 14.3. The molecule has 0 saturated carbocycles. The van der Waals surface area contributed by atoms with Crippen LogP contribution in [0, 0.1) is 6.92 Å². The standard InChI is InChI=1S/C16H16BrClO3/c1-9-4-10(6-11(18)5-9)16(19)12-7-14(20-2)15(21-3)8-13(12)17/h4-8,16,19H,1-3H3. The minimum absolute atomic E-state index is 0.563. The Bertz CT molecular complexity index is 638. The molecular formula is C16H16BrClO3. The fourth-order valence-electron chi connectivity index (χ4n) is 2.18. The normalized spacial score (nSPS) is 12.1. The van der Waals surface area contributed by atoms with Crippen molar-refractivity contribution in [2.75, 3.05) is 14.2 Å². The third-order valence-corrected chi connectivity index (χ3v) is 4.08. The molecule has 0 aliphatic heterocycles. The van der Waals surface area contributed by atoms with Crippen molar-refractivity contribution in [2.45, 2.75) is 13.0 Å². The lowest BCUT2D eigenvalue weighted by molar-refractivity contribution is 0.218. The van der Waals surface area contributed by atoms with E-state index in [4.69, 9.17) is 21.1 Å². The van der Waals surface area contributed by atoms with Crippen LogP contribution in [0.2, 0.25) is 5.02 Å². The molecule has 0 amide bonds.